The molecule has 0 aliphatic carbocycles. The Kier molecular flexibility index (Phi) is 18.0. The number of nitrogens with zero attached hydrogens (tertiary/aromatic N) is 2. The van der Waals surface area contributed by atoms with Gasteiger partial charge in [-0.25, -0.2) is 4.79 Å². The maximum absolute atomic E-state index is 13.9. The van der Waals surface area contributed by atoms with Crippen LogP contribution in [0.2, 0.25) is 0 Å². The van der Waals surface area contributed by atoms with E-state index in [1.54, 1.807) is 27.7 Å². The number of nitrogens with one attached hydrogen (secondary N) is 2. The normalized spacial score (nSPS) is 16.6. The molecular formula is C39H53N4O22S6+. The number of fused-ring (bicyclic) bond motifs is 2. The summed E-state index contributed by atoms with van der Waals surface area (Å²) < 4.78 is 205. The number of carbonyl (C=O) groups excluding carboxylic acids is 3. The quantitative estimate of drug-likeness (QED) is 0.0311. The average Bonchev–Trinajstić information content (AvgIpc) is 3.54. The van der Waals surface area contributed by atoms with Crippen molar-refractivity contribution in [2.24, 2.45) is 0 Å². The van der Waals surface area contributed by atoms with E-state index in [4.69, 9.17) is 9.29 Å². The lowest BCUT2D eigenvalue weighted by Gasteiger charge is -2.27. The van der Waals surface area contributed by atoms with Gasteiger partial charge in [-0.05, 0) is 51.0 Å². The molecule has 2 amide bonds. The predicted octanol–water partition coefficient (Wildman–Crippen LogP) is 0.773. The first-order valence-electron chi connectivity index (χ1n) is 20.9. The summed E-state index contributed by atoms with van der Waals surface area (Å²) in [5.41, 5.74) is -2.83. The molecule has 0 atom stereocenters. The molecule has 0 saturated carbocycles. The molecule has 8 N–H and O–H groups in total. The molecule has 4 rings (SSSR count). The van der Waals surface area contributed by atoms with Gasteiger partial charge in [0.2, 0.25) is 5.69 Å². The van der Waals surface area contributed by atoms with Gasteiger partial charge in [0, 0.05) is 66.1 Å². The highest BCUT2D eigenvalue weighted by atomic mass is 32.2. The largest absolute Gasteiger partial charge is 0.462 e. The summed E-state index contributed by atoms with van der Waals surface area (Å²) in [7, 11) is -27.8. The summed E-state index contributed by atoms with van der Waals surface area (Å²) in [6.45, 7) is 4.09. The second-order valence-electron chi connectivity index (χ2n) is 17.2. The van der Waals surface area contributed by atoms with Gasteiger partial charge in [-0.1, -0.05) is 19.9 Å². The molecule has 2 heterocycles. The third kappa shape index (κ3) is 16.1. The van der Waals surface area contributed by atoms with E-state index in [0.717, 1.165) is 18.2 Å². The van der Waals surface area contributed by atoms with Gasteiger partial charge >= 0.3 is 5.97 Å². The molecule has 2 aromatic carbocycles. The smallest absolute Gasteiger partial charge is 0.338 e. The van der Waals surface area contributed by atoms with E-state index in [1.165, 1.54) is 33.8 Å². The van der Waals surface area contributed by atoms with Crippen LogP contribution >= 0.6 is 0 Å². The van der Waals surface area contributed by atoms with Crippen LogP contribution in [0.4, 0.5) is 11.4 Å². The minimum atomic E-state index is -5.08. The Morgan fingerprint density at radius 3 is 1.69 bits per heavy atom. The molecule has 26 nitrogen and oxygen atoms in total. The molecule has 0 spiro atoms. The van der Waals surface area contributed by atoms with Crippen molar-refractivity contribution in [3.63, 3.8) is 0 Å². The molecular weight excluding hydrogens is 1070 g/mol. The number of rotatable bonds is 24. The van der Waals surface area contributed by atoms with E-state index in [0.29, 0.717) is 0 Å². The zero-order valence-corrected chi connectivity index (χ0v) is 43.2. The number of benzene rings is 2. The third-order valence-corrected chi connectivity index (χ3v) is 15.8. The molecule has 2 aliphatic heterocycles. The van der Waals surface area contributed by atoms with Crippen LogP contribution < -0.4 is 15.5 Å². The summed E-state index contributed by atoms with van der Waals surface area (Å²) in [5.74, 6) is -7.28. The number of esters is 1. The Morgan fingerprint density at radius 1 is 0.634 bits per heavy atom. The topological polar surface area (TPSA) is 417 Å². The molecule has 2 aliphatic rings. The molecule has 0 bridgehead atoms. The second kappa shape index (κ2) is 21.8. The Morgan fingerprint density at radius 2 is 1.15 bits per heavy atom. The maximum atomic E-state index is 13.9. The fourth-order valence-electron chi connectivity index (χ4n) is 8.17. The van der Waals surface area contributed by atoms with Crippen LogP contribution in [-0.2, 0) is 76.3 Å². The van der Waals surface area contributed by atoms with Crippen molar-refractivity contribution in [1.29, 1.82) is 0 Å². The molecule has 0 unspecified atom stereocenters. The van der Waals surface area contributed by atoms with Crippen LogP contribution in [0.5, 0.6) is 0 Å². The summed E-state index contributed by atoms with van der Waals surface area (Å²) in [5, 5.41) is 4.64. The summed E-state index contributed by atoms with van der Waals surface area (Å²) in [4.78, 5) is 41.7. The lowest BCUT2D eigenvalue weighted by molar-refractivity contribution is -0.437. The number of hydrogen-bond donors (Lipinski definition) is 8. The average molecular weight is 1120 g/mol. The van der Waals surface area contributed by atoms with Gasteiger partial charge in [0.1, 0.15) is 6.54 Å². The summed E-state index contributed by atoms with van der Waals surface area (Å²) in [6, 6.07) is 4.21. The van der Waals surface area contributed by atoms with Crippen molar-refractivity contribution < 1.29 is 102 Å². The van der Waals surface area contributed by atoms with Crippen molar-refractivity contribution >= 4 is 95.6 Å². The molecule has 0 radical (unpaired) electrons. The SMILES string of the molecule is CC1(C)C(/C=C/C=C2/N(CCCS(=O)(=O)O)c3cc(S(=O)(=O)O)cc(C(=O)OCCCS(=O)(=O)O)c3C2(C)C)=[N+](CCCS(=O)(=O)O)c2cc(C(=O)NCCS(=O)(=O)O)cc(C(=O)NCCS(=O)(=O)O)c21. The Bertz CT molecular complexity index is 3270. The summed E-state index contributed by atoms with van der Waals surface area (Å²) in [6.07, 6.45) is 3.43. The van der Waals surface area contributed by atoms with Crippen molar-refractivity contribution in [1.82, 2.24) is 10.6 Å². The van der Waals surface area contributed by atoms with Crippen molar-refractivity contribution in [2.75, 3.05) is 66.5 Å². The molecule has 71 heavy (non-hydrogen) atoms. The van der Waals surface area contributed by atoms with Crippen LogP contribution in [0.1, 0.15) is 89.2 Å². The van der Waals surface area contributed by atoms with Gasteiger partial charge in [0.25, 0.3) is 72.5 Å². The molecule has 2 aromatic rings. The van der Waals surface area contributed by atoms with Crippen LogP contribution in [0, 0.1) is 0 Å². The van der Waals surface area contributed by atoms with Crippen LogP contribution in [0.3, 0.4) is 0 Å². The third-order valence-electron chi connectivity index (χ3n) is 11.1. The fourth-order valence-corrected chi connectivity index (χ4v) is 10.9. The maximum Gasteiger partial charge on any atom is 0.338 e. The van der Waals surface area contributed by atoms with Gasteiger partial charge in [0.05, 0.1) is 62.4 Å². The van der Waals surface area contributed by atoms with Crippen molar-refractivity contribution in [3.05, 3.63) is 76.0 Å². The fraction of sp³-hybridized carbons (Fsp3) is 0.487. The molecule has 0 aromatic heterocycles. The highest BCUT2D eigenvalue weighted by molar-refractivity contribution is 7.87. The van der Waals surface area contributed by atoms with Crippen molar-refractivity contribution in [3.8, 4) is 0 Å². The van der Waals surface area contributed by atoms with Gasteiger partial charge in [-0.3, -0.25) is 36.9 Å². The molecule has 32 heteroatoms. The zero-order chi connectivity index (χ0) is 53.9. The van der Waals surface area contributed by atoms with Gasteiger partial charge in [-0.2, -0.15) is 55.1 Å². The number of carbonyl (C=O) groups is 3. The first kappa shape index (κ1) is 58.8. The van der Waals surface area contributed by atoms with E-state index in [9.17, 15) is 87.7 Å². The zero-order valence-electron chi connectivity index (χ0n) is 38.3. The van der Waals surface area contributed by atoms with E-state index in [2.05, 4.69) is 10.6 Å². The van der Waals surface area contributed by atoms with E-state index in [-0.39, 0.29) is 77.4 Å². The molecule has 396 valence electrons. The van der Waals surface area contributed by atoms with Crippen LogP contribution in [-0.4, -0.2) is 167 Å². The minimum absolute atomic E-state index is 0.0508. The van der Waals surface area contributed by atoms with Crippen LogP contribution in [0.15, 0.2) is 53.1 Å². The highest BCUT2D eigenvalue weighted by Crippen LogP contribution is 2.51. The monoisotopic (exact) mass is 1120 g/mol. The first-order chi connectivity index (χ1) is 32.2. The van der Waals surface area contributed by atoms with Gasteiger partial charge in [-0.15, -0.1) is 0 Å². The van der Waals surface area contributed by atoms with Gasteiger partial charge in [0.15, 0.2) is 5.71 Å². The lowest BCUT2D eigenvalue weighted by Crippen LogP contribution is -2.34. The van der Waals surface area contributed by atoms with Crippen molar-refractivity contribution in [2.45, 2.75) is 62.7 Å². The molecule has 0 saturated heterocycles. The van der Waals surface area contributed by atoms with Crippen LogP contribution in [0.25, 0.3) is 0 Å². The molecule has 0 fully saturated rings. The van der Waals surface area contributed by atoms with E-state index < -0.39 is 148 Å². The van der Waals surface area contributed by atoms with E-state index in [1.807, 2.05) is 0 Å². The second-order valence-corrected chi connectivity index (χ2v) is 26.5. The predicted molar refractivity (Wildman–Crippen MR) is 254 cm³/mol. The number of allylic oxidation sites excluding steroid dienone is 4. The Balaban J connectivity index is 1.98. The lowest BCUT2D eigenvalue weighted by atomic mass is 9.78. The Labute approximate surface area is 410 Å². The summed E-state index contributed by atoms with van der Waals surface area (Å²) >= 11 is 0. The first-order valence-corrected chi connectivity index (χ1v) is 30.4. The number of amides is 2. The standard InChI is InChI=1S/C39H52N4O22S6/c1-38(2)31(42(13-6-16-66(47,48)49)29-22-25(35(44)40-11-19-69(56,57)58)21-27(33(29)38)36(45)41-12-20-70(59,60)61)9-5-10-32-39(3,4)34-28(37(46)65-15-8-18-68(53,54)55)23-26(71(62,63)64)24-30(34)43(32)14-7-17-67(50,51)52/h5,9-10,21-24H,6-8,11-20H2,1-4H3,(H7-,40,41,44,45,47,48,49,50,51,52,53,54,55,56,57,58,59,60,61,62,63,64)/p+1. The minimum Gasteiger partial charge on any atom is -0.462 e. The van der Waals surface area contributed by atoms with Gasteiger partial charge < -0.3 is 20.3 Å². The highest BCUT2D eigenvalue weighted by Gasteiger charge is 2.48. The van der Waals surface area contributed by atoms with E-state index >= 15 is 0 Å². The number of anilines is 1. The number of hydrogen-bond acceptors (Lipinski definition) is 17. The Hall–Kier alpha value is -4.74. The number of ether oxygens (including phenoxy) is 1.